The van der Waals surface area contributed by atoms with E-state index in [4.69, 9.17) is 0 Å². The molecule has 1 atom stereocenters. The topological polar surface area (TPSA) is 8.17 Å². The van der Waals surface area contributed by atoms with Gasteiger partial charge in [0.1, 0.15) is 0 Å². The van der Waals surface area contributed by atoms with Crippen molar-refractivity contribution < 1.29 is 0 Å². The molecule has 0 amide bonds. The maximum absolute atomic E-state index is 2.53. The van der Waals surface area contributed by atoms with Gasteiger partial charge in [-0.1, -0.05) is 220 Å². The van der Waals surface area contributed by atoms with Crippen LogP contribution >= 0.6 is 0 Å². The molecular formula is C70H48N2. The Kier molecular flexibility index (Phi) is 8.66. The average Bonchev–Trinajstić information content (AvgIpc) is 4.03. The van der Waals surface area contributed by atoms with E-state index >= 15 is 0 Å². The number of para-hydroxylation sites is 4. The molecule has 1 spiro atoms. The third-order valence-corrected chi connectivity index (χ3v) is 16.4. The first-order valence-electron chi connectivity index (χ1n) is 25.3. The summed E-state index contributed by atoms with van der Waals surface area (Å²) in [6.45, 7) is 4.75. The highest BCUT2D eigenvalue weighted by atomic mass is 15.1. The Balaban J connectivity index is 0.950. The Morgan fingerprint density at radius 3 is 1.72 bits per heavy atom. The lowest BCUT2D eigenvalue weighted by Gasteiger charge is -2.39. The third-order valence-electron chi connectivity index (χ3n) is 16.4. The van der Waals surface area contributed by atoms with Gasteiger partial charge in [-0.05, 0) is 132 Å². The number of hydrogen-bond donors (Lipinski definition) is 0. The summed E-state index contributed by atoms with van der Waals surface area (Å²) in [5, 5.41) is 2.57. The molecular weight excluding hydrogens is 869 g/mol. The number of benzene rings is 11. The number of aromatic nitrogens is 1. The maximum atomic E-state index is 2.53. The summed E-state index contributed by atoms with van der Waals surface area (Å²) in [4.78, 5) is 2.50. The molecule has 1 unspecified atom stereocenters. The molecule has 1 aliphatic heterocycles. The summed E-state index contributed by atoms with van der Waals surface area (Å²) in [5.74, 6) is 0. The molecule has 0 N–H and O–H groups in total. The highest BCUT2D eigenvalue weighted by molar-refractivity contribution is 6.13. The minimum atomic E-state index is -0.536. The van der Waals surface area contributed by atoms with Gasteiger partial charge in [-0.2, -0.15) is 0 Å². The van der Waals surface area contributed by atoms with Gasteiger partial charge < -0.3 is 9.47 Å². The van der Waals surface area contributed by atoms with Crippen molar-refractivity contribution in [3.8, 4) is 61.3 Å². The maximum Gasteiger partial charge on any atom is 0.0754 e. The summed E-state index contributed by atoms with van der Waals surface area (Å²) >= 11 is 0. The molecule has 0 radical (unpaired) electrons. The molecule has 2 aliphatic carbocycles. The second-order valence-corrected chi connectivity index (χ2v) is 20.3. The summed E-state index contributed by atoms with van der Waals surface area (Å²) in [6, 6.07) is 95.4. The number of hydrogen-bond acceptors (Lipinski definition) is 1. The van der Waals surface area contributed by atoms with Crippen molar-refractivity contribution in [2.75, 3.05) is 4.90 Å². The molecule has 0 fully saturated rings. The van der Waals surface area contributed by atoms with Crippen LogP contribution in [-0.4, -0.2) is 4.57 Å². The molecule has 0 bridgehead atoms. The first-order valence-corrected chi connectivity index (χ1v) is 25.3. The van der Waals surface area contributed by atoms with Gasteiger partial charge in [0, 0.05) is 33.1 Å². The zero-order valence-electron chi connectivity index (χ0n) is 40.1. The minimum Gasteiger partial charge on any atom is -0.310 e. The van der Waals surface area contributed by atoms with Crippen molar-refractivity contribution in [3.63, 3.8) is 0 Å². The van der Waals surface area contributed by atoms with E-state index in [1.807, 2.05) is 0 Å². The fraction of sp³-hybridized carbons (Fsp3) is 0.0571. The Morgan fingerprint density at radius 2 is 0.875 bits per heavy atom. The van der Waals surface area contributed by atoms with Crippen molar-refractivity contribution in [1.29, 1.82) is 0 Å². The largest absolute Gasteiger partial charge is 0.310 e. The summed E-state index contributed by atoms with van der Waals surface area (Å²) in [7, 11) is 0. The molecule has 72 heavy (non-hydrogen) atoms. The Bertz CT molecular complexity index is 4210. The van der Waals surface area contributed by atoms with Crippen LogP contribution in [0.25, 0.3) is 83.1 Å². The van der Waals surface area contributed by atoms with Crippen LogP contribution in [0.15, 0.2) is 255 Å². The van der Waals surface area contributed by atoms with Crippen molar-refractivity contribution in [2.45, 2.75) is 24.7 Å². The standard InChI is InChI=1S/C70H48N2/c1-69(2)59-31-12-8-26-52(59)54-41-39-49(44-63(54)69)71(65-35-15-10-28-56(65)51-25-7-6-24-50(51)45-20-4-3-5-21-45)48-23-18-22-46(42-48)47-38-40-55-53-27-9-13-32-60(53)70(64(55)43-47)61-33-14-17-37-67(61)72-66-36-16-11-29-57(66)58-30-19-34-62(70)68(58)72/h3-44H,1-2H3. The van der Waals surface area contributed by atoms with Crippen LogP contribution in [-0.2, 0) is 10.8 Å². The Labute approximate surface area is 420 Å². The van der Waals surface area contributed by atoms with Gasteiger partial charge in [-0.15, -0.1) is 0 Å². The summed E-state index contributed by atoms with van der Waals surface area (Å²) < 4.78 is 2.53. The molecule has 2 heterocycles. The number of fused-ring (bicyclic) bond motifs is 15. The summed E-state index contributed by atoms with van der Waals surface area (Å²) in [6.07, 6.45) is 0. The molecule has 338 valence electrons. The second kappa shape index (κ2) is 15.3. The molecule has 0 saturated heterocycles. The van der Waals surface area contributed by atoms with Crippen molar-refractivity contribution in [2.24, 2.45) is 0 Å². The van der Waals surface area contributed by atoms with Gasteiger partial charge in [0.05, 0.1) is 27.8 Å². The fourth-order valence-electron chi connectivity index (χ4n) is 13.3. The lowest BCUT2D eigenvalue weighted by atomic mass is 9.65. The minimum absolute atomic E-state index is 0.163. The first kappa shape index (κ1) is 40.9. The predicted molar refractivity (Wildman–Crippen MR) is 300 cm³/mol. The van der Waals surface area contributed by atoms with E-state index in [2.05, 4.69) is 278 Å². The van der Waals surface area contributed by atoms with E-state index < -0.39 is 5.41 Å². The quantitative estimate of drug-likeness (QED) is 0.161. The van der Waals surface area contributed by atoms with E-state index in [1.54, 1.807) is 0 Å². The van der Waals surface area contributed by atoms with Crippen LogP contribution < -0.4 is 4.90 Å². The molecule has 1 aromatic heterocycles. The highest BCUT2D eigenvalue weighted by Crippen LogP contribution is 2.62. The molecule has 2 nitrogen and oxygen atoms in total. The average molecular weight is 917 g/mol. The molecule has 12 aromatic rings. The zero-order chi connectivity index (χ0) is 47.7. The number of anilines is 3. The molecule has 2 heteroatoms. The Morgan fingerprint density at radius 1 is 0.319 bits per heavy atom. The van der Waals surface area contributed by atoms with E-state index in [0.29, 0.717) is 0 Å². The van der Waals surface area contributed by atoms with E-state index in [9.17, 15) is 0 Å². The normalized spacial score (nSPS) is 15.2. The van der Waals surface area contributed by atoms with Crippen molar-refractivity contribution in [3.05, 3.63) is 288 Å². The number of nitrogens with zero attached hydrogens (tertiary/aromatic N) is 2. The van der Waals surface area contributed by atoms with E-state index in [-0.39, 0.29) is 5.41 Å². The highest BCUT2D eigenvalue weighted by Gasteiger charge is 2.51. The predicted octanol–water partition coefficient (Wildman–Crippen LogP) is 18.2. The van der Waals surface area contributed by atoms with Gasteiger partial charge in [-0.3, -0.25) is 0 Å². The molecule has 0 saturated carbocycles. The van der Waals surface area contributed by atoms with Crippen LogP contribution in [0.3, 0.4) is 0 Å². The van der Waals surface area contributed by atoms with Crippen LogP contribution in [0.1, 0.15) is 47.2 Å². The molecule has 3 aliphatic rings. The Hall–Kier alpha value is -8.98. The fourth-order valence-corrected chi connectivity index (χ4v) is 13.3. The molecule has 15 rings (SSSR count). The lowest BCUT2D eigenvalue weighted by molar-refractivity contribution is 0.660. The van der Waals surface area contributed by atoms with Crippen LogP contribution in [0.4, 0.5) is 17.1 Å². The van der Waals surface area contributed by atoms with Crippen molar-refractivity contribution in [1.82, 2.24) is 4.57 Å². The number of rotatable bonds is 6. The zero-order valence-corrected chi connectivity index (χ0v) is 40.1. The van der Waals surface area contributed by atoms with Gasteiger partial charge in [0.2, 0.25) is 0 Å². The van der Waals surface area contributed by atoms with Gasteiger partial charge in [0.25, 0.3) is 0 Å². The van der Waals surface area contributed by atoms with Gasteiger partial charge >= 0.3 is 0 Å². The van der Waals surface area contributed by atoms with Gasteiger partial charge in [0.15, 0.2) is 0 Å². The smallest absolute Gasteiger partial charge is 0.0754 e. The monoisotopic (exact) mass is 916 g/mol. The van der Waals surface area contributed by atoms with Crippen LogP contribution in [0.5, 0.6) is 0 Å². The van der Waals surface area contributed by atoms with Gasteiger partial charge in [-0.25, -0.2) is 0 Å². The third kappa shape index (κ3) is 5.55. The van der Waals surface area contributed by atoms with Crippen LogP contribution in [0, 0.1) is 0 Å². The summed E-state index contributed by atoms with van der Waals surface area (Å²) in [5.41, 5.74) is 26.8. The van der Waals surface area contributed by atoms with E-state index in [1.165, 1.54) is 117 Å². The van der Waals surface area contributed by atoms with Crippen molar-refractivity contribution >= 4 is 38.9 Å². The SMILES string of the molecule is CC1(C)c2ccccc2-c2ccc(N(c3cccc(-c4ccc5c(c4)C4(c6ccccc6-5)c5ccccc5-n5c6ccccc6c6cccc4c65)c3)c3ccccc3-c3ccccc3-c3ccccc3)cc21. The second-order valence-electron chi connectivity index (χ2n) is 20.3. The van der Waals surface area contributed by atoms with E-state index in [0.717, 1.165) is 17.1 Å². The molecule has 11 aromatic carbocycles. The first-order chi connectivity index (χ1) is 35.5. The lowest BCUT2D eigenvalue weighted by Crippen LogP contribution is -2.33. The van der Waals surface area contributed by atoms with Crippen LogP contribution in [0.2, 0.25) is 0 Å².